The van der Waals surface area contributed by atoms with Gasteiger partial charge < -0.3 is 10.1 Å². The lowest BCUT2D eigenvalue weighted by Crippen LogP contribution is -2.48. The summed E-state index contributed by atoms with van der Waals surface area (Å²) in [4.78, 5) is 24.1. The molecule has 0 radical (unpaired) electrons. The van der Waals surface area contributed by atoms with Crippen LogP contribution in [0.4, 0.5) is 4.79 Å². The van der Waals surface area contributed by atoms with Gasteiger partial charge in [-0.1, -0.05) is 52.2 Å². The SMILES string of the molecule is C[C@H](Oc1ccc(C(C)(C)C)cc1)C(=O)NC(=O)NC1CCCCC1. The van der Waals surface area contributed by atoms with E-state index in [2.05, 4.69) is 31.4 Å². The summed E-state index contributed by atoms with van der Waals surface area (Å²) in [5.41, 5.74) is 1.27. The largest absolute Gasteiger partial charge is 0.481 e. The molecule has 0 bridgehead atoms. The van der Waals surface area contributed by atoms with Crippen LogP contribution in [0, 0.1) is 0 Å². The van der Waals surface area contributed by atoms with Crippen LogP contribution in [0.2, 0.25) is 0 Å². The Morgan fingerprint density at radius 1 is 1.08 bits per heavy atom. The molecule has 1 saturated carbocycles. The zero-order valence-electron chi connectivity index (χ0n) is 15.7. The lowest BCUT2D eigenvalue weighted by molar-refractivity contribution is -0.126. The highest BCUT2D eigenvalue weighted by atomic mass is 16.5. The zero-order chi connectivity index (χ0) is 18.4. The molecule has 1 aliphatic rings. The van der Waals surface area contributed by atoms with Crippen molar-refractivity contribution in [1.82, 2.24) is 10.6 Å². The lowest BCUT2D eigenvalue weighted by atomic mass is 9.87. The highest BCUT2D eigenvalue weighted by molar-refractivity contribution is 5.96. The van der Waals surface area contributed by atoms with Crippen LogP contribution in [0.3, 0.4) is 0 Å². The van der Waals surface area contributed by atoms with Crippen molar-refractivity contribution in [2.24, 2.45) is 0 Å². The van der Waals surface area contributed by atoms with E-state index in [-0.39, 0.29) is 11.5 Å². The first kappa shape index (κ1) is 19.3. The van der Waals surface area contributed by atoms with Gasteiger partial charge in [-0.25, -0.2) is 4.79 Å². The van der Waals surface area contributed by atoms with Gasteiger partial charge in [-0.05, 0) is 42.9 Å². The molecule has 1 aromatic rings. The van der Waals surface area contributed by atoms with Crippen molar-refractivity contribution in [2.45, 2.75) is 77.4 Å². The Morgan fingerprint density at radius 3 is 2.24 bits per heavy atom. The van der Waals surface area contributed by atoms with Crippen LogP contribution < -0.4 is 15.4 Å². The van der Waals surface area contributed by atoms with Crippen molar-refractivity contribution in [3.05, 3.63) is 29.8 Å². The Labute approximate surface area is 150 Å². The second kappa shape index (κ2) is 8.37. The topological polar surface area (TPSA) is 67.4 Å². The van der Waals surface area contributed by atoms with Gasteiger partial charge in [-0.15, -0.1) is 0 Å². The average molecular weight is 346 g/mol. The number of rotatable bonds is 4. The van der Waals surface area contributed by atoms with Crippen LogP contribution in [-0.2, 0) is 10.2 Å². The minimum absolute atomic E-state index is 0.0682. The van der Waals surface area contributed by atoms with Gasteiger partial charge in [0.1, 0.15) is 5.75 Å². The third-order valence-corrected chi connectivity index (χ3v) is 4.58. The maximum atomic E-state index is 12.1. The van der Waals surface area contributed by atoms with Crippen LogP contribution in [0.15, 0.2) is 24.3 Å². The molecule has 138 valence electrons. The number of hydrogen-bond acceptors (Lipinski definition) is 3. The Morgan fingerprint density at radius 2 is 1.68 bits per heavy atom. The van der Waals surface area contributed by atoms with E-state index in [1.807, 2.05) is 24.3 Å². The molecular formula is C20H30N2O3. The molecule has 25 heavy (non-hydrogen) atoms. The molecule has 5 nitrogen and oxygen atoms in total. The molecule has 2 N–H and O–H groups in total. The van der Waals surface area contributed by atoms with E-state index in [4.69, 9.17) is 4.74 Å². The molecule has 1 aliphatic carbocycles. The van der Waals surface area contributed by atoms with Crippen molar-refractivity contribution in [2.75, 3.05) is 0 Å². The van der Waals surface area contributed by atoms with Gasteiger partial charge in [0.05, 0.1) is 0 Å². The van der Waals surface area contributed by atoms with E-state index in [0.717, 1.165) is 25.7 Å². The fourth-order valence-corrected chi connectivity index (χ4v) is 2.97. The van der Waals surface area contributed by atoms with Crippen molar-refractivity contribution in [1.29, 1.82) is 0 Å². The number of imide groups is 1. The molecule has 2 rings (SSSR count). The standard InChI is InChI=1S/C20H30N2O3/c1-14(25-17-12-10-15(11-13-17)20(2,3)4)18(23)22-19(24)21-16-8-6-5-7-9-16/h10-14,16H,5-9H2,1-4H3,(H2,21,22,23,24)/t14-/m0/s1. The fourth-order valence-electron chi connectivity index (χ4n) is 2.97. The first-order valence-electron chi connectivity index (χ1n) is 9.14. The Hall–Kier alpha value is -2.04. The highest BCUT2D eigenvalue weighted by Crippen LogP contribution is 2.24. The van der Waals surface area contributed by atoms with Crippen molar-refractivity contribution < 1.29 is 14.3 Å². The number of hydrogen-bond donors (Lipinski definition) is 2. The van der Waals surface area contributed by atoms with Gasteiger partial charge in [-0.2, -0.15) is 0 Å². The summed E-state index contributed by atoms with van der Waals surface area (Å²) in [7, 11) is 0. The third-order valence-electron chi connectivity index (χ3n) is 4.58. The van der Waals surface area contributed by atoms with E-state index in [1.54, 1.807) is 6.92 Å². The number of urea groups is 1. The second-order valence-electron chi connectivity index (χ2n) is 7.83. The monoisotopic (exact) mass is 346 g/mol. The Kier molecular flexibility index (Phi) is 6.45. The summed E-state index contributed by atoms with van der Waals surface area (Å²) >= 11 is 0. The number of amides is 3. The van der Waals surface area contributed by atoms with Gasteiger partial charge in [0.25, 0.3) is 5.91 Å². The number of ether oxygens (including phenoxy) is 1. The minimum Gasteiger partial charge on any atom is -0.481 e. The molecule has 0 heterocycles. The molecule has 1 fully saturated rings. The maximum Gasteiger partial charge on any atom is 0.321 e. The Balaban J connectivity index is 1.82. The average Bonchev–Trinajstić information content (AvgIpc) is 2.55. The van der Waals surface area contributed by atoms with Crippen molar-refractivity contribution in [3.63, 3.8) is 0 Å². The zero-order valence-corrected chi connectivity index (χ0v) is 15.7. The highest BCUT2D eigenvalue weighted by Gasteiger charge is 2.21. The number of carbonyl (C=O) groups is 2. The molecule has 3 amide bonds. The molecule has 1 aromatic carbocycles. The molecule has 5 heteroatoms. The van der Waals surface area contributed by atoms with Gasteiger partial charge in [0, 0.05) is 6.04 Å². The van der Waals surface area contributed by atoms with Crippen molar-refractivity contribution >= 4 is 11.9 Å². The third kappa shape index (κ3) is 6.07. The number of nitrogens with one attached hydrogen (secondary N) is 2. The minimum atomic E-state index is -0.738. The predicted molar refractivity (Wildman–Crippen MR) is 98.8 cm³/mol. The van der Waals surface area contributed by atoms with Crippen LogP contribution in [-0.4, -0.2) is 24.1 Å². The van der Waals surface area contributed by atoms with E-state index >= 15 is 0 Å². The molecule has 0 unspecified atom stereocenters. The number of benzene rings is 1. The van der Waals surface area contributed by atoms with E-state index < -0.39 is 18.0 Å². The molecule has 0 saturated heterocycles. The molecule has 0 spiro atoms. The van der Waals surface area contributed by atoms with Gasteiger partial charge in [0.2, 0.25) is 0 Å². The van der Waals surface area contributed by atoms with Gasteiger partial charge in [-0.3, -0.25) is 10.1 Å². The first-order valence-corrected chi connectivity index (χ1v) is 9.14. The van der Waals surface area contributed by atoms with Crippen LogP contribution in [0.1, 0.15) is 65.4 Å². The lowest BCUT2D eigenvalue weighted by Gasteiger charge is -2.23. The first-order chi connectivity index (χ1) is 11.8. The summed E-state index contributed by atoms with van der Waals surface area (Å²) < 4.78 is 5.64. The summed E-state index contributed by atoms with van der Waals surface area (Å²) in [5.74, 6) is 0.177. The molecule has 1 atom stereocenters. The summed E-state index contributed by atoms with van der Waals surface area (Å²) in [6.45, 7) is 8.07. The summed E-state index contributed by atoms with van der Waals surface area (Å²) in [6.07, 6.45) is 4.70. The number of carbonyl (C=O) groups excluding carboxylic acids is 2. The molecular weight excluding hydrogens is 316 g/mol. The Bertz CT molecular complexity index is 584. The molecule has 0 aliphatic heterocycles. The van der Waals surface area contributed by atoms with E-state index in [9.17, 15) is 9.59 Å². The normalized spacial score (nSPS) is 16.8. The van der Waals surface area contributed by atoms with Crippen LogP contribution in [0.25, 0.3) is 0 Å². The van der Waals surface area contributed by atoms with Gasteiger partial charge in [0.15, 0.2) is 6.10 Å². The van der Waals surface area contributed by atoms with Crippen LogP contribution in [0.5, 0.6) is 5.75 Å². The summed E-state index contributed by atoms with van der Waals surface area (Å²) in [6, 6.07) is 7.43. The van der Waals surface area contributed by atoms with Gasteiger partial charge >= 0.3 is 6.03 Å². The maximum absolute atomic E-state index is 12.1. The van der Waals surface area contributed by atoms with Crippen molar-refractivity contribution in [3.8, 4) is 5.75 Å². The predicted octanol–water partition coefficient (Wildman–Crippen LogP) is 3.91. The quantitative estimate of drug-likeness (QED) is 0.868. The molecule has 0 aromatic heterocycles. The summed E-state index contributed by atoms with van der Waals surface area (Å²) in [5, 5.41) is 5.24. The second-order valence-corrected chi connectivity index (χ2v) is 7.83. The fraction of sp³-hybridized carbons (Fsp3) is 0.600. The van der Waals surface area contributed by atoms with E-state index in [0.29, 0.717) is 5.75 Å². The van der Waals surface area contributed by atoms with Crippen LogP contribution >= 0.6 is 0 Å². The smallest absolute Gasteiger partial charge is 0.321 e. The van der Waals surface area contributed by atoms with E-state index in [1.165, 1.54) is 12.0 Å².